The van der Waals surface area contributed by atoms with Crippen molar-refractivity contribution < 1.29 is 109 Å². The zero-order chi connectivity index (χ0) is 52.8. The summed E-state index contributed by atoms with van der Waals surface area (Å²) in [5, 5.41) is 139. The van der Waals surface area contributed by atoms with Crippen LogP contribution in [0.3, 0.4) is 0 Å². The lowest BCUT2D eigenvalue weighted by Gasteiger charge is -2.58. The van der Waals surface area contributed by atoms with E-state index >= 15 is 0 Å². The third-order valence-corrected chi connectivity index (χ3v) is 19.5. The number of fused-ring (bicyclic) bond motifs is 7. The van der Waals surface area contributed by atoms with Crippen LogP contribution >= 0.6 is 0 Å². The summed E-state index contributed by atoms with van der Waals surface area (Å²) >= 11 is 0. The topological polar surface area (TPSA) is 346 Å². The highest BCUT2D eigenvalue weighted by Crippen LogP contribution is 2.70. The van der Waals surface area contributed by atoms with Gasteiger partial charge in [-0.1, -0.05) is 39.3 Å². The van der Waals surface area contributed by atoms with Crippen molar-refractivity contribution >= 4 is 0 Å². The molecule has 5 heterocycles. The molecule has 22 heteroatoms. The van der Waals surface area contributed by atoms with Gasteiger partial charge in [0.15, 0.2) is 30.9 Å². The van der Waals surface area contributed by atoms with Gasteiger partial charge in [0.2, 0.25) is 0 Å². The Balaban J connectivity index is 0.846. The largest absolute Gasteiger partial charge is 0.394 e. The lowest BCUT2D eigenvalue weighted by atomic mass is 9.47. The van der Waals surface area contributed by atoms with E-state index in [-0.39, 0.29) is 41.3 Å². The maximum absolute atomic E-state index is 12.1. The summed E-state index contributed by atoms with van der Waals surface area (Å²) in [6.07, 6.45) is -20.5. The molecule has 31 atom stereocenters. The van der Waals surface area contributed by atoms with Gasteiger partial charge >= 0.3 is 0 Å². The molecule has 9 rings (SSSR count). The molecule has 5 saturated heterocycles. The van der Waals surface area contributed by atoms with Gasteiger partial charge < -0.3 is 109 Å². The highest BCUT2D eigenvalue weighted by molar-refractivity contribution is 5.26. The van der Waals surface area contributed by atoms with Gasteiger partial charge in [-0.25, -0.2) is 0 Å². The van der Waals surface area contributed by atoms with Crippen LogP contribution in [0.15, 0.2) is 11.6 Å². The molecule has 0 bridgehead atoms. The molecule has 5 aliphatic heterocycles. The Morgan fingerprint density at radius 2 is 1.23 bits per heavy atom. The number of ether oxygens (including phenoxy) is 9. The number of aliphatic hydroxyl groups excluding tert-OH is 12. The lowest BCUT2D eigenvalue weighted by Crippen LogP contribution is -2.66. The lowest BCUT2D eigenvalue weighted by molar-refractivity contribution is -0.388. The van der Waals surface area contributed by atoms with Crippen LogP contribution in [0.4, 0.5) is 0 Å². The Morgan fingerprint density at radius 1 is 0.644 bits per heavy atom. The van der Waals surface area contributed by atoms with Gasteiger partial charge in [0, 0.05) is 12.3 Å². The third kappa shape index (κ3) is 10.2. The van der Waals surface area contributed by atoms with E-state index < -0.39 is 148 Å². The molecule has 9 aliphatic rings. The normalized spacial score (nSPS) is 55.5. The van der Waals surface area contributed by atoms with Crippen LogP contribution in [-0.2, 0) is 42.6 Å². The second-order valence-electron chi connectivity index (χ2n) is 23.8. The molecule has 0 aromatic carbocycles. The molecule has 420 valence electrons. The summed E-state index contributed by atoms with van der Waals surface area (Å²) in [5.74, 6) is -0.232. The first-order valence-electron chi connectivity index (χ1n) is 26.8. The summed E-state index contributed by atoms with van der Waals surface area (Å²) in [5.41, 5.74) is 1.07. The standard InChI is InChI=1S/C51H84O22/c1-20(19-65-45-39(60)38(59)35(56)30(17-52)69-45)9-14-51(64)21(2)32-29(73-51)16-28-26-8-7-24-15-25(10-12-49(24,5)27(26)11-13-50(28,32)6)68-48-44(72-47-41(62)37(58)34(55)23(4)67-47)42(63)43(31(18-53)70-48)71-46-40(61)36(57)33(54)22(3)66-46/h7,20-23,25-48,52-64H,8-19H2,1-6H3/t20-,21+,22+,23+,25+,26-,27+,28+,29+,30-,31-,32+,33+,34+,35-,36-,37-,38+,39-,40-,41-,42+,43+,44+,45-,46+,47+,48-,49+,50+,51-/m1/s1. The van der Waals surface area contributed by atoms with Crippen molar-refractivity contribution in [1.29, 1.82) is 0 Å². The van der Waals surface area contributed by atoms with Crippen molar-refractivity contribution in [2.24, 2.45) is 46.3 Å². The Hall–Kier alpha value is -1.14. The minimum absolute atomic E-state index is 0.0589. The number of hydrogen-bond donors (Lipinski definition) is 13. The molecule has 0 spiro atoms. The van der Waals surface area contributed by atoms with Crippen LogP contribution in [0.2, 0.25) is 0 Å². The molecule has 0 unspecified atom stereocenters. The average molecular weight is 1050 g/mol. The Labute approximate surface area is 426 Å². The molecule has 0 aromatic rings. The fraction of sp³-hybridized carbons (Fsp3) is 0.961. The first-order chi connectivity index (χ1) is 34.5. The Morgan fingerprint density at radius 3 is 1.86 bits per heavy atom. The zero-order valence-electron chi connectivity index (χ0n) is 42.7. The molecule has 0 amide bonds. The summed E-state index contributed by atoms with van der Waals surface area (Å²) in [6, 6.07) is 0. The number of allylic oxidation sites excluding steroid dienone is 1. The smallest absolute Gasteiger partial charge is 0.187 e. The molecule has 22 nitrogen and oxygen atoms in total. The second-order valence-corrected chi connectivity index (χ2v) is 23.8. The van der Waals surface area contributed by atoms with Crippen LogP contribution < -0.4 is 0 Å². The van der Waals surface area contributed by atoms with Crippen LogP contribution in [0.5, 0.6) is 0 Å². The van der Waals surface area contributed by atoms with E-state index in [2.05, 4.69) is 26.8 Å². The molecule has 3 saturated carbocycles. The van der Waals surface area contributed by atoms with Crippen molar-refractivity contribution in [1.82, 2.24) is 0 Å². The van der Waals surface area contributed by atoms with Crippen LogP contribution in [-0.4, -0.2) is 227 Å². The number of aliphatic hydroxyl groups is 13. The highest BCUT2D eigenvalue weighted by atomic mass is 16.8. The van der Waals surface area contributed by atoms with E-state index in [1.54, 1.807) is 0 Å². The fourth-order valence-electron chi connectivity index (χ4n) is 14.9. The van der Waals surface area contributed by atoms with Gasteiger partial charge in [0.25, 0.3) is 0 Å². The van der Waals surface area contributed by atoms with Crippen LogP contribution in [0.1, 0.15) is 99.3 Å². The summed E-state index contributed by atoms with van der Waals surface area (Å²) in [7, 11) is 0. The fourth-order valence-corrected chi connectivity index (χ4v) is 14.9. The quantitative estimate of drug-likeness (QED) is 0.0839. The van der Waals surface area contributed by atoms with Crippen molar-refractivity contribution in [2.75, 3.05) is 19.8 Å². The summed E-state index contributed by atoms with van der Waals surface area (Å²) in [4.78, 5) is 0. The first-order valence-corrected chi connectivity index (χ1v) is 26.8. The number of rotatable bonds is 14. The Bertz CT molecular complexity index is 1900. The average Bonchev–Trinajstić information content (AvgIpc) is 3.80. The van der Waals surface area contributed by atoms with Gasteiger partial charge in [-0.2, -0.15) is 0 Å². The van der Waals surface area contributed by atoms with Gasteiger partial charge in [0.05, 0.1) is 44.2 Å². The molecule has 13 N–H and O–H groups in total. The van der Waals surface area contributed by atoms with E-state index in [4.69, 9.17) is 42.6 Å². The van der Waals surface area contributed by atoms with Gasteiger partial charge in [-0.15, -0.1) is 0 Å². The molecular formula is C51H84O22. The number of hydrogen-bond acceptors (Lipinski definition) is 22. The van der Waals surface area contributed by atoms with Gasteiger partial charge in [-0.05, 0) is 106 Å². The SMILES string of the molecule is C[C@H](CC[C@@]1(O)O[C@H]2C[C@H]3[C@@H]4CC=C5C[C@@H](O[C@@H]6O[C@H](CO)[C@H](O[C@@H]7O[C@@H](C)[C@H](O)[C@@H](O)[C@H]7O)[C@H](O)[C@@H]6O[C@@H]6O[C@@H](C)[C@H](O)[C@@H](O)[C@H]6O)CC[C@]5(C)[C@H]4CC[C@]3(C)[C@H]2[C@@H]1C)CO[C@@H]1O[C@H](CO)[C@@H](O)[C@H](O)[C@H]1O. The maximum Gasteiger partial charge on any atom is 0.187 e. The van der Waals surface area contributed by atoms with Crippen molar-refractivity contribution in [2.45, 2.75) is 240 Å². The highest BCUT2D eigenvalue weighted by Gasteiger charge is 2.68. The molecule has 4 aliphatic carbocycles. The summed E-state index contributed by atoms with van der Waals surface area (Å²) < 4.78 is 54.6. The molecule has 73 heavy (non-hydrogen) atoms. The van der Waals surface area contributed by atoms with Crippen LogP contribution in [0.25, 0.3) is 0 Å². The third-order valence-electron chi connectivity index (χ3n) is 19.5. The summed E-state index contributed by atoms with van der Waals surface area (Å²) in [6.45, 7) is 10.7. The maximum atomic E-state index is 12.1. The van der Waals surface area contributed by atoms with E-state index in [0.29, 0.717) is 43.4 Å². The zero-order valence-corrected chi connectivity index (χ0v) is 42.7. The molecule has 8 fully saturated rings. The van der Waals surface area contributed by atoms with E-state index in [9.17, 15) is 66.4 Å². The first kappa shape index (κ1) is 56.6. The minimum atomic E-state index is -1.75. The van der Waals surface area contributed by atoms with E-state index in [1.807, 2.05) is 6.92 Å². The van der Waals surface area contributed by atoms with Crippen molar-refractivity contribution in [3.63, 3.8) is 0 Å². The van der Waals surface area contributed by atoms with Crippen molar-refractivity contribution in [3.8, 4) is 0 Å². The van der Waals surface area contributed by atoms with Crippen LogP contribution in [0, 0.1) is 46.3 Å². The predicted octanol–water partition coefficient (Wildman–Crippen LogP) is -1.98. The van der Waals surface area contributed by atoms with Crippen molar-refractivity contribution in [3.05, 3.63) is 11.6 Å². The predicted molar refractivity (Wildman–Crippen MR) is 249 cm³/mol. The second kappa shape index (κ2) is 21.8. The van der Waals surface area contributed by atoms with E-state index in [1.165, 1.54) is 19.4 Å². The van der Waals surface area contributed by atoms with Gasteiger partial charge in [0.1, 0.15) is 85.5 Å². The molecule has 0 aromatic heterocycles. The molecule has 0 radical (unpaired) electrons. The minimum Gasteiger partial charge on any atom is -0.394 e. The van der Waals surface area contributed by atoms with E-state index in [0.717, 1.165) is 32.1 Å². The molecular weight excluding hydrogens is 965 g/mol. The monoisotopic (exact) mass is 1050 g/mol. The van der Waals surface area contributed by atoms with Gasteiger partial charge in [-0.3, -0.25) is 0 Å². The Kier molecular flexibility index (Phi) is 16.9.